The van der Waals surface area contributed by atoms with Crippen LogP contribution in [0.25, 0.3) is 0 Å². The average Bonchev–Trinajstić information content (AvgIpc) is 2.97. The zero-order chi connectivity index (χ0) is 18.4. The lowest BCUT2D eigenvalue weighted by molar-refractivity contribution is -0.190. The van der Waals surface area contributed by atoms with Crippen molar-refractivity contribution in [3.63, 3.8) is 0 Å². The molecule has 2 aliphatic heterocycles. The second-order valence-electron chi connectivity index (χ2n) is 5.96. The van der Waals surface area contributed by atoms with Crippen molar-refractivity contribution in [1.29, 1.82) is 0 Å². The van der Waals surface area contributed by atoms with Crippen molar-refractivity contribution >= 4 is 7.60 Å². The standard InChI is InChI=1S/C14H17N2O8P/c1-4-8-5-16(13(18)15-11(8)17)12-9-10(24-25(3,19)20)14(23-12,6-21-2)7-22-9/h1,5,9-10,12H,6-7H2,2-3H3,(H,19,20)(H,15,17,18)/t9-,10?,12-,14-/m1/s1. The van der Waals surface area contributed by atoms with Crippen molar-refractivity contribution in [1.82, 2.24) is 9.55 Å². The van der Waals surface area contributed by atoms with Crippen LogP contribution in [-0.2, 0) is 23.3 Å². The van der Waals surface area contributed by atoms with Gasteiger partial charge in [-0.1, -0.05) is 5.92 Å². The highest BCUT2D eigenvalue weighted by molar-refractivity contribution is 7.51. The summed E-state index contributed by atoms with van der Waals surface area (Å²) in [6.45, 7) is 1.13. The molecule has 0 amide bonds. The minimum absolute atomic E-state index is 0.0186. The van der Waals surface area contributed by atoms with Crippen molar-refractivity contribution in [2.75, 3.05) is 27.0 Å². The second kappa shape index (κ2) is 6.21. The van der Waals surface area contributed by atoms with Crippen LogP contribution in [0.3, 0.4) is 0 Å². The Bertz CT molecular complexity index is 880. The molecule has 2 saturated heterocycles. The van der Waals surface area contributed by atoms with Gasteiger partial charge in [0.1, 0.15) is 23.4 Å². The molecule has 0 aliphatic carbocycles. The molecular weight excluding hydrogens is 355 g/mol. The molecule has 2 aliphatic rings. The van der Waals surface area contributed by atoms with Crippen molar-refractivity contribution in [3.8, 4) is 12.3 Å². The molecule has 0 spiro atoms. The van der Waals surface area contributed by atoms with Gasteiger partial charge in [-0.3, -0.25) is 23.4 Å². The Kier molecular flexibility index (Phi) is 4.49. The predicted molar refractivity (Wildman–Crippen MR) is 84.3 cm³/mol. The normalized spacial score (nSPS) is 33.1. The first kappa shape index (κ1) is 18.1. The molecule has 2 bridgehead atoms. The summed E-state index contributed by atoms with van der Waals surface area (Å²) in [4.78, 5) is 35.5. The Labute approximate surface area is 142 Å². The van der Waals surface area contributed by atoms with Gasteiger partial charge in [-0.05, 0) is 0 Å². The van der Waals surface area contributed by atoms with Gasteiger partial charge in [0.15, 0.2) is 6.23 Å². The number of aromatic nitrogens is 2. The summed E-state index contributed by atoms with van der Waals surface area (Å²) in [6, 6.07) is 0. The van der Waals surface area contributed by atoms with E-state index in [1.54, 1.807) is 0 Å². The number of hydrogen-bond acceptors (Lipinski definition) is 7. The van der Waals surface area contributed by atoms with E-state index in [1.807, 2.05) is 0 Å². The highest BCUT2D eigenvalue weighted by Gasteiger charge is 2.64. The third-order valence-corrected chi connectivity index (χ3v) is 4.69. The van der Waals surface area contributed by atoms with Gasteiger partial charge in [-0.25, -0.2) is 4.79 Å². The number of terminal acetylenes is 1. The SMILES string of the molecule is C#Cc1cn([C@@H]2O[C@]3(COC)CO[C@@H]2C3OP(C)(=O)O)c(=O)[nH]c1=O. The zero-order valence-electron chi connectivity index (χ0n) is 13.5. The maximum absolute atomic E-state index is 12.2. The third-order valence-electron chi connectivity index (χ3n) is 4.07. The Hall–Kier alpha value is -1.73. The maximum Gasteiger partial charge on any atom is 0.330 e. The maximum atomic E-state index is 12.2. The number of hydrogen-bond donors (Lipinski definition) is 2. The topological polar surface area (TPSA) is 129 Å². The molecule has 136 valence electrons. The summed E-state index contributed by atoms with van der Waals surface area (Å²) in [5, 5.41) is 0. The Balaban J connectivity index is 2.04. The number of nitrogens with zero attached hydrogens (tertiary/aromatic N) is 1. The monoisotopic (exact) mass is 372 g/mol. The lowest BCUT2D eigenvalue weighted by Gasteiger charge is -2.31. The number of fused-ring (bicyclic) bond motifs is 2. The van der Waals surface area contributed by atoms with Gasteiger partial charge in [-0.15, -0.1) is 6.42 Å². The van der Waals surface area contributed by atoms with Gasteiger partial charge in [0.2, 0.25) is 0 Å². The minimum atomic E-state index is -3.86. The van der Waals surface area contributed by atoms with Crippen LogP contribution in [0.15, 0.2) is 15.8 Å². The fourth-order valence-corrected chi connectivity index (χ4v) is 3.84. The molecular formula is C14H17N2O8P. The first-order valence-corrected chi connectivity index (χ1v) is 9.32. The Morgan fingerprint density at radius 2 is 2.32 bits per heavy atom. The van der Waals surface area contributed by atoms with Gasteiger partial charge >= 0.3 is 13.3 Å². The van der Waals surface area contributed by atoms with Crippen LogP contribution < -0.4 is 11.2 Å². The van der Waals surface area contributed by atoms with Crippen LogP contribution in [-0.4, -0.2) is 59.2 Å². The number of aromatic amines is 1. The molecule has 0 saturated carbocycles. The van der Waals surface area contributed by atoms with E-state index in [-0.39, 0.29) is 18.8 Å². The van der Waals surface area contributed by atoms with Gasteiger partial charge in [0.05, 0.1) is 13.2 Å². The molecule has 3 rings (SSSR count). The molecule has 3 heterocycles. The van der Waals surface area contributed by atoms with E-state index < -0.39 is 42.9 Å². The van der Waals surface area contributed by atoms with Gasteiger partial charge < -0.3 is 19.1 Å². The first-order chi connectivity index (χ1) is 11.7. The largest absolute Gasteiger partial charge is 0.381 e. The quantitative estimate of drug-likeness (QED) is 0.499. The molecule has 0 aromatic carbocycles. The Morgan fingerprint density at radius 1 is 1.60 bits per heavy atom. The van der Waals surface area contributed by atoms with Crippen LogP contribution in [0.1, 0.15) is 11.8 Å². The van der Waals surface area contributed by atoms with Crippen LogP contribution in [0.5, 0.6) is 0 Å². The van der Waals surface area contributed by atoms with Crippen molar-refractivity contribution in [2.45, 2.75) is 24.0 Å². The molecule has 0 radical (unpaired) electrons. The molecule has 25 heavy (non-hydrogen) atoms. The molecule has 10 nitrogen and oxygen atoms in total. The van der Waals surface area contributed by atoms with E-state index in [9.17, 15) is 19.0 Å². The first-order valence-electron chi connectivity index (χ1n) is 7.30. The highest BCUT2D eigenvalue weighted by atomic mass is 31.2. The molecule has 1 aromatic rings. The summed E-state index contributed by atoms with van der Waals surface area (Å²) in [6.07, 6.45) is 3.64. The number of methoxy groups -OCH3 is 1. The smallest absolute Gasteiger partial charge is 0.330 e. The third kappa shape index (κ3) is 3.11. The molecule has 11 heteroatoms. The van der Waals surface area contributed by atoms with Crippen molar-refractivity contribution < 1.29 is 28.2 Å². The summed E-state index contributed by atoms with van der Waals surface area (Å²) >= 11 is 0. The van der Waals surface area contributed by atoms with Gasteiger partial charge in [0.25, 0.3) is 5.56 Å². The zero-order valence-corrected chi connectivity index (χ0v) is 14.4. The van der Waals surface area contributed by atoms with Gasteiger partial charge in [0, 0.05) is 20.0 Å². The fraction of sp³-hybridized carbons (Fsp3) is 0.571. The van der Waals surface area contributed by atoms with Crippen LogP contribution in [0.2, 0.25) is 0 Å². The minimum Gasteiger partial charge on any atom is -0.381 e. The molecule has 2 N–H and O–H groups in total. The van der Waals surface area contributed by atoms with Crippen LogP contribution in [0, 0.1) is 12.3 Å². The second-order valence-corrected chi connectivity index (χ2v) is 7.78. The van der Waals surface area contributed by atoms with E-state index in [0.29, 0.717) is 0 Å². The molecule has 2 unspecified atom stereocenters. The highest BCUT2D eigenvalue weighted by Crippen LogP contribution is 2.52. The lowest BCUT2D eigenvalue weighted by Crippen LogP contribution is -2.46. The average molecular weight is 372 g/mol. The molecule has 5 atom stereocenters. The van der Waals surface area contributed by atoms with Gasteiger partial charge in [-0.2, -0.15) is 0 Å². The lowest BCUT2D eigenvalue weighted by atomic mass is 10.0. The summed E-state index contributed by atoms with van der Waals surface area (Å²) in [5.74, 6) is 2.17. The fourth-order valence-electron chi connectivity index (χ4n) is 3.11. The molecule has 2 fully saturated rings. The van der Waals surface area contributed by atoms with Crippen LogP contribution >= 0.6 is 7.60 Å². The van der Waals surface area contributed by atoms with E-state index in [4.69, 9.17) is 25.2 Å². The number of nitrogens with one attached hydrogen (secondary N) is 1. The predicted octanol–water partition coefficient (Wildman–Crippen LogP) is -0.969. The molecule has 1 aromatic heterocycles. The van der Waals surface area contributed by atoms with Crippen LogP contribution in [0.4, 0.5) is 0 Å². The summed E-state index contributed by atoms with van der Waals surface area (Å²) in [5.41, 5.74) is -2.67. The van der Waals surface area contributed by atoms with Crippen molar-refractivity contribution in [2.24, 2.45) is 0 Å². The number of H-pyrrole nitrogens is 1. The van der Waals surface area contributed by atoms with E-state index in [0.717, 1.165) is 11.2 Å². The summed E-state index contributed by atoms with van der Waals surface area (Å²) in [7, 11) is -2.43. The Morgan fingerprint density at radius 3 is 2.92 bits per heavy atom. The van der Waals surface area contributed by atoms with E-state index >= 15 is 0 Å². The van der Waals surface area contributed by atoms with E-state index in [2.05, 4.69) is 10.9 Å². The number of rotatable bonds is 5. The van der Waals surface area contributed by atoms with E-state index in [1.165, 1.54) is 13.3 Å². The van der Waals surface area contributed by atoms with Crippen molar-refractivity contribution in [3.05, 3.63) is 32.6 Å². The number of ether oxygens (including phenoxy) is 3. The summed E-state index contributed by atoms with van der Waals surface area (Å²) < 4.78 is 34.8.